The van der Waals surface area contributed by atoms with Crippen molar-refractivity contribution in [2.75, 3.05) is 13.7 Å². The van der Waals surface area contributed by atoms with Crippen molar-refractivity contribution < 1.29 is 19.1 Å². The minimum absolute atomic E-state index is 0.381. The third-order valence-corrected chi connectivity index (χ3v) is 4.18. The summed E-state index contributed by atoms with van der Waals surface area (Å²) in [5, 5.41) is 4.17. The molecule has 0 aliphatic carbocycles. The summed E-state index contributed by atoms with van der Waals surface area (Å²) in [6, 6.07) is 9.48. The number of carbonyl (C=O) groups excluding carboxylic acids is 2. The number of rotatable bonds is 2. The van der Waals surface area contributed by atoms with Crippen LogP contribution >= 0.6 is 0 Å². The SMILES string of the molecule is COC(=O)C1=C(c2cc3ccccc3n2C(=O)OC(C)(C)C)NCCC1. The highest BCUT2D eigenvalue weighted by molar-refractivity contribution is 6.01. The predicted octanol–water partition coefficient (Wildman–Crippen LogP) is 3.69. The number of fused-ring (bicyclic) bond motifs is 1. The van der Waals surface area contributed by atoms with Gasteiger partial charge in [0, 0.05) is 11.9 Å². The Bertz CT molecular complexity index is 887. The molecule has 3 rings (SSSR count). The number of ether oxygens (including phenoxy) is 2. The number of aromatic nitrogens is 1. The quantitative estimate of drug-likeness (QED) is 0.831. The highest BCUT2D eigenvalue weighted by atomic mass is 16.6. The fraction of sp³-hybridized carbons (Fsp3) is 0.400. The summed E-state index contributed by atoms with van der Waals surface area (Å²) < 4.78 is 12.1. The van der Waals surface area contributed by atoms with Gasteiger partial charge >= 0.3 is 12.1 Å². The molecule has 0 atom stereocenters. The lowest BCUT2D eigenvalue weighted by atomic mass is 10.0. The van der Waals surface area contributed by atoms with Gasteiger partial charge in [-0.1, -0.05) is 18.2 Å². The number of benzene rings is 1. The molecule has 0 fully saturated rings. The van der Waals surface area contributed by atoms with Gasteiger partial charge in [0.05, 0.1) is 29.6 Å². The van der Waals surface area contributed by atoms with Gasteiger partial charge in [-0.15, -0.1) is 0 Å². The van der Waals surface area contributed by atoms with E-state index in [4.69, 9.17) is 9.47 Å². The Hall–Kier alpha value is -2.76. The second-order valence-electron chi connectivity index (χ2n) is 7.28. The molecule has 0 spiro atoms. The summed E-state index contributed by atoms with van der Waals surface area (Å²) in [4.78, 5) is 25.1. The normalized spacial score (nSPS) is 14.9. The van der Waals surface area contributed by atoms with Gasteiger partial charge in [0.15, 0.2) is 0 Å². The summed E-state index contributed by atoms with van der Waals surface area (Å²) >= 11 is 0. The Kier molecular flexibility index (Phi) is 4.76. The van der Waals surface area contributed by atoms with Crippen LogP contribution in [0.1, 0.15) is 39.3 Å². The molecule has 0 saturated heterocycles. The summed E-state index contributed by atoms with van der Waals surface area (Å²) in [7, 11) is 1.37. The molecule has 0 amide bonds. The molecule has 2 aromatic rings. The first-order chi connectivity index (χ1) is 12.3. The molecule has 2 heterocycles. The van der Waals surface area contributed by atoms with Crippen molar-refractivity contribution in [3.05, 3.63) is 41.6 Å². The number of nitrogens with zero attached hydrogens (tertiary/aromatic N) is 1. The Morgan fingerprint density at radius 1 is 1.19 bits per heavy atom. The van der Waals surface area contributed by atoms with Crippen LogP contribution in [0.3, 0.4) is 0 Å². The van der Waals surface area contributed by atoms with Crippen LogP contribution in [0.15, 0.2) is 35.9 Å². The Labute approximate surface area is 152 Å². The molecular formula is C20H24N2O4. The van der Waals surface area contributed by atoms with Crippen LogP contribution in [0.25, 0.3) is 16.6 Å². The van der Waals surface area contributed by atoms with Gasteiger partial charge in [0.1, 0.15) is 5.60 Å². The van der Waals surface area contributed by atoms with Crippen LogP contribution in [-0.2, 0) is 14.3 Å². The van der Waals surface area contributed by atoms with E-state index in [2.05, 4.69) is 5.32 Å². The van der Waals surface area contributed by atoms with Gasteiger partial charge in [-0.05, 0) is 45.7 Å². The topological polar surface area (TPSA) is 69.6 Å². The number of methoxy groups -OCH3 is 1. The predicted molar refractivity (Wildman–Crippen MR) is 99.7 cm³/mol. The molecule has 6 nitrogen and oxygen atoms in total. The van der Waals surface area contributed by atoms with Crippen molar-refractivity contribution in [1.29, 1.82) is 0 Å². The summed E-state index contributed by atoms with van der Waals surface area (Å²) in [5.41, 5.74) is 1.90. The van der Waals surface area contributed by atoms with E-state index in [1.807, 2.05) is 51.1 Å². The first kappa shape index (κ1) is 18.0. The molecule has 1 aromatic heterocycles. The Morgan fingerprint density at radius 2 is 1.92 bits per heavy atom. The first-order valence-corrected chi connectivity index (χ1v) is 8.71. The first-order valence-electron chi connectivity index (χ1n) is 8.71. The number of para-hydroxylation sites is 1. The van der Waals surface area contributed by atoms with Crippen molar-refractivity contribution in [3.8, 4) is 0 Å². The maximum atomic E-state index is 12.9. The van der Waals surface area contributed by atoms with Crippen molar-refractivity contribution in [2.45, 2.75) is 39.2 Å². The molecule has 0 radical (unpaired) electrons. The van der Waals surface area contributed by atoms with Crippen LogP contribution in [-0.4, -0.2) is 35.9 Å². The van der Waals surface area contributed by atoms with E-state index in [-0.39, 0.29) is 5.97 Å². The number of carbonyl (C=O) groups is 2. The lowest BCUT2D eigenvalue weighted by molar-refractivity contribution is -0.136. The minimum Gasteiger partial charge on any atom is -0.466 e. The molecule has 0 bridgehead atoms. The molecule has 0 unspecified atom stereocenters. The smallest absolute Gasteiger partial charge is 0.419 e. The number of nitrogens with one attached hydrogen (secondary N) is 1. The number of hydrogen-bond donors (Lipinski definition) is 1. The van der Waals surface area contributed by atoms with Crippen LogP contribution < -0.4 is 5.32 Å². The molecule has 1 aromatic carbocycles. The van der Waals surface area contributed by atoms with Crippen LogP contribution in [0, 0.1) is 0 Å². The van der Waals surface area contributed by atoms with Crippen molar-refractivity contribution in [3.63, 3.8) is 0 Å². The van der Waals surface area contributed by atoms with Gasteiger partial charge in [-0.2, -0.15) is 0 Å². The van der Waals surface area contributed by atoms with Gasteiger partial charge in [0.25, 0.3) is 0 Å². The lowest BCUT2D eigenvalue weighted by Gasteiger charge is -2.24. The third-order valence-electron chi connectivity index (χ3n) is 4.18. The van der Waals surface area contributed by atoms with Crippen LogP contribution in [0.5, 0.6) is 0 Å². The Morgan fingerprint density at radius 3 is 2.62 bits per heavy atom. The fourth-order valence-corrected chi connectivity index (χ4v) is 3.13. The molecule has 138 valence electrons. The van der Waals surface area contributed by atoms with Crippen LogP contribution in [0.4, 0.5) is 4.79 Å². The maximum Gasteiger partial charge on any atom is 0.419 e. The average Bonchev–Trinajstić information content (AvgIpc) is 2.99. The average molecular weight is 356 g/mol. The molecule has 1 aliphatic rings. The third kappa shape index (κ3) is 3.45. The van der Waals surface area contributed by atoms with Gasteiger partial charge in [0.2, 0.25) is 0 Å². The molecule has 6 heteroatoms. The van der Waals surface area contributed by atoms with E-state index in [0.29, 0.717) is 23.4 Å². The molecular weight excluding hydrogens is 332 g/mol. The van der Waals surface area contributed by atoms with E-state index < -0.39 is 11.7 Å². The zero-order valence-electron chi connectivity index (χ0n) is 15.6. The largest absolute Gasteiger partial charge is 0.466 e. The number of esters is 1. The van der Waals surface area contributed by atoms with E-state index in [1.54, 1.807) is 0 Å². The Balaban J connectivity index is 2.22. The van der Waals surface area contributed by atoms with Gasteiger partial charge in [-0.25, -0.2) is 14.2 Å². The fourth-order valence-electron chi connectivity index (χ4n) is 3.13. The summed E-state index contributed by atoms with van der Waals surface area (Å²) in [6.07, 6.45) is 0.962. The summed E-state index contributed by atoms with van der Waals surface area (Å²) in [5.74, 6) is -0.381. The lowest BCUT2D eigenvalue weighted by Crippen LogP contribution is -2.30. The highest BCUT2D eigenvalue weighted by Gasteiger charge is 2.28. The molecule has 1 N–H and O–H groups in total. The van der Waals surface area contributed by atoms with Crippen molar-refractivity contribution in [1.82, 2.24) is 9.88 Å². The standard InChI is InChI=1S/C20H24N2O4/c1-20(2,3)26-19(24)22-15-10-6-5-8-13(15)12-16(22)17-14(18(23)25-4)9-7-11-21-17/h5-6,8,10,12,21H,7,9,11H2,1-4H3. The number of hydrogen-bond acceptors (Lipinski definition) is 5. The maximum absolute atomic E-state index is 12.9. The summed E-state index contributed by atoms with van der Waals surface area (Å²) in [6.45, 7) is 6.21. The van der Waals surface area contributed by atoms with E-state index in [1.165, 1.54) is 11.7 Å². The second-order valence-corrected chi connectivity index (χ2v) is 7.28. The minimum atomic E-state index is -0.626. The van der Waals surface area contributed by atoms with Crippen molar-refractivity contribution in [2.24, 2.45) is 0 Å². The monoisotopic (exact) mass is 356 g/mol. The van der Waals surface area contributed by atoms with E-state index in [0.717, 1.165) is 23.9 Å². The zero-order valence-corrected chi connectivity index (χ0v) is 15.6. The molecule has 1 aliphatic heterocycles. The van der Waals surface area contributed by atoms with Crippen LogP contribution in [0.2, 0.25) is 0 Å². The highest BCUT2D eigenvalue weighted by Crippen LogP contribution is 2.30. The van der Waals surface area contributed by atoms with E-state index >= 15 is 0 Å². The molecule has 26 heavy (non-hydrogen) atoms. The zero-order chi connectivity index (χ0) is 18.9. The van der Waals surface area contributed by atoms with Crippen molar-refractivity contribution >= 4 is 28.7 Å². The van der Waals surface area contributed by atoms with Gasteiger partial charge in [-0.3, -0.25) is 0 Å². The molecule has 0 saturated carbocycles. The van der Waals surface area contributed by atoms with Gasteiger partial charge < -0.3 is 14.8 Å². The van der Waals surface area contributed by atoms with E-state index in [9.17, 15) is 9.59 Å². The second kappa shape index (κ2) is 6.86.